The van der Waals surface area contributed by atoms with E-state index in [9.17, 15) is 9.59 Å². The van der Waals surface area contributed by atoms with E-state index >= 15 is 0 Å². The third-order valence-electron chi connectivity index (χ3n) is 3.95. The van der Waals surface area contributed by atoms with E-state index in [1.807, 2.05) is 25.1 Å². The van der Waals surface area contributed by atoms with Gasteiger partial charge in [0.25, 0.3) is 0 Å². The number of amides is 2. The van der Waals surface area contributed by atoms with Crippen molar-refractivity contribution < 1.29 is 19.1 Å². The van der Waals surface area contributed by atoms with Gasteiger partial charge in [0, 0.05) is 22.7 Å². The molecule has 0 aromatic heterocycles. The number of hydrazone groups is 1. The zero-order valence-electron chi connectivity index (χ0n) is 16.4. The lowest BCUT2D eigenvalue weighted by atomic mass is 10.2. The van der Waals surface area contributed by atoms with Crippen LogP contribution in [0.2, 0.25) is 5.02 Å². The molecule has 0 fully saturated rings. The molecule has 0 radical (unpaired) electrons. The SMILES string of the molecule is CCCCNC(=O)C(=O)N/N=C\c1cccc(OC)c1OCc1ccccc1Cl. The van der Waals surface area contributed by atoms with Crippen LogP contribution < -0.4 is 20.2 Å². The van der Waals surface area contributed by atoms with E-state index in [2.05, 4.69) is 15.8 Å². The summed E-state index contributed by atoms with van der Waals surface area (Å²) in [6.07, 6.45) is 3.12. The summed E-state index contributed by atoms with van der Waals surface area (Å²) in [5.74, 6) is -0.611. The Balaban J connectivity index is 2.06. The molecule has 0 saturated heterocycles. The van der Waals surface area contributed by atoms with Gasteiger partial charge in [0.1, 0.15) is 6.61 Å². The average Bonchev–Trinajstić information content (AvgIpc) is 2.73. The number of methoxy groups -OCH3 is 1. The van der Waals surface area contributed by atoms with Gasteiger partial charge in [-0.3, -0.25) is 9.59 Å². The van der Waals surface area contributed by atoms with Gasteiger partial charge in [-0.05, 0) is 24.6 Å². The van der Waals surface area contributed by atoms with Gasteiger partial charge in [-0.15, -0.1) is 0 Å². The van der Waals surface area contributed by atoms with E-state index in [4.69, 9.17) is 21.1 Å². The van der Waals surface area contributed by atoms with Crippen LogP contribution in [0.25, 0.3) is 0 Å². The third-order valence-corrected chi connectivity index (χ3v) is 4.32. The second-order valence-electron chi connectivity index (χ2n) is 6.07. The Morgan fingerprint density at radius 2 is 1.93 bits per heavy atom. The summed E-state index contributed by atoms with van der Waals surface area (Å²) in [5, 5.41) is 6.97. The van der Waals surface area contributed by atoms with Crippen LogP contribution in [0.4, 0.5) is 0 Å². The molecule has 0 unspecified atom stereocenters. The first-order chi connectivity index (χ1) is 14.1. The van der Waals surface area contributed by atoms with Crippen LogP contribution in [0.3, 0.4) is 0 Å². The Bertz CT molecular complexity index is 871. The van der Waals surface area contributed by atoms with E-state index < -0.39 is 11.8 Å². The maximum Gasteiger partial charge on any atom is 0.329 e. The van der Waals surface area contributed by atoms with Gasteiger partial charge in [0.05, 0.1) is 13.3 Å². The smallest absolute Gasteiger partial charge is 0.329 e. The van der Waals surface area contributed by atoms with Crippen molar-refractivity contribution in [3.8, 4) is 11.5 Å². The molecule has 8 heteroatoms. The number of unbranched alkanes of at least 4 members (excludes halogenated alkanes) is 1. The normalized spacial score (nSPS) is 10.6. The monoisotopic (exact) mass is 417 g/mol. The quantitative estimate of drug-likeness (QED) is 0.283. The number of halogens is 1. The average molecular weight is 418 g/mol. The van der Waals surface area contributed by atoms with Crippen molar-refractivity contribution in [2.45, 2.75) is 26.4 Å². The number of ether oxygens (including phenoxy) is 2. The Labute approximate surface area is 175 Å². The molecule has 0 bridgehead atoms. The molecule has 0 heterocycles. The lowest BCUT2D eigenvalue weighted by Crippen LogP contribution is -2.38. The molecule has 29 heavy (non-hydrogen) atoms. The molecular weight excluding hydrogens is 394 g/mol. The summed E-state index contributed by atoms with van der Waals surface area (Å²) in [6.45, 7) is 2.67. The van der Waals surface area contributed by atoms with Crippen LogP contribution in [0.1, 0.15) is 30.9 Å². The first-order valence-corrected chi connectivity index (χ1v) is 9.59. The predicted molar refractivity (Wildman–Crippen MR) is 112 cm³/mol. The number of para-hydroxylation sites is 1. The second kappa shape index (κ2) is 11.7. The van der Waals surface area contributed by atoms with Crippen molar-refractivity contribution in [2.24, 2.45) is 5.10 Å². The summed E-state index contributed by atoms with van der Waals surface area (Å²) in [5.41, 5.74) is 3.60. The zero-order valence-corrected chi connectivity index (χ0v) is 17.2. The number of hydrogen-bond donors (Lipinski definition) is 2. The highest BCUT2D eigenvalue weighted by Crippen LogP contribution is 2.31. The summed E-state index contributed by atoms with van der Waals surface area (Å²) in [4.78, 5) is 23.4. The molecule has 154 valence electrons. The van der Waals surface area contributed by atoms with Crippen LogP contribution in [0, 0.1) is 0 Å². The maximum absolute atomic E-state index is 11.8. The van der Waals surface area contributed by atoms with Crippen LogP contribution in [0.5, 0.6) is 11.5 Å². The minimum absolute atomic E-state index is 0.229. The van der Waals surface area contributed by atoms with Gasteiger partial charge in [-0.1, -0.05) is 49.2 Å². The number of rotatable bonds is 9. The van der Waals surface area contributed by atoms with Gasteiger partial charge in [0.2, 0.25) is 0 Å². The van der Waals surface area contributed by atoms with Crippen molar-refractivity contribution in [2.75, 3.05) is 13.7 Å². The van der Waals surface area contributed by atoms with Crippen molar-refractivity contribution in [3.05, 3.63) is 58.6 Å². The molecule has 2 N–H and O–H groups in total. The highest BCUT2D eigenvalue weighted by atomic mass is 35.5. The van der Waals surface area contributed by atoms with Crippen molar-refractivity contribution >= 4 is 29.6 Å². The molecule has 0 saturated carbocycles. The summed E-state index contributed by atoms with van der Waals surface area (Å²) < 4.78 is 11.3. The van der Waals surface area contributed by atoms with E-state index in [-0.39, 0.29) is 6.61 Å². The Morgan fingerprint density at radius 3 is 2.66 bits per heavy atom. The fourth-order valence-corrected chi connectivity index (χ4v) is 2.58. The minimum atomic E-state index is -0.834. The fourth-order valence-electron chi connectivity index (χ4n) is 2.39. The first-order valence-electron chi connectivity index (χ1n) is 9.21. The van der Waals surface area contributed by atoms with Crippen LogP contribution >= 0.6 is 11.6 Å². The van der Waals surface area contributed by atoms with E-state index in [0.717, 1.165) is 18.4 Å². The molecule has 2 aromatic carbocycles. The Kier molecular flexibility index (Phi) is 8.98. The molecule has 0 aliphatic carbocycles. The van der Waals surface area contributed by atoms with Gasteiger partial charge in [0.15, 0.2) is 11.5 Å². The van der Waals surface area contributed by atoms with Gasteiger partial charge in [-0.2, -0.15) is 5.10 Å². The van der Waals surface area contributed by atoms with Crippen LogP contribution in [0.15, 0.2) is 47.6 Å². The molecule has 7 nitrogen and oxygen atoms in total. The summed E-state index contributed by atoms with van der Waals surface area (Å²) in [6, 6.07) is 12.6. The third kappa shape index (κ3) is 6.80. The van der Waals surface area contributed by atoms with Gasteiger partial charge >= 0.3 is 11.8 Å². The molecule has 2 rings (SSSR count). The molecule has 0 spiro atoms. The van der Waals surface area contributed by atoms with Crippen molar-refractivity contribution in [3.63, 3.8) is 0 Å². The second-order valence-corrected chi connectivity index (χ2v) is 6.47. The molecule has 0 atom stereocenters. The molecule has 2 amide bonds. The zero-order chi connectivity index (χ0) is 21.1. The van der Waals surface area contributed by atoms with Crippen LogP contribution in [-0.2, 0) is 16.2 Å². The minimum Gasteiger partial charge on any atom is -0.493 e. The molecular formula is C21H24ClN3O4. The van der Waals surface area contributed by atoms with Gasteiger partial charge < -0.3 is 14.8 Å². The van der Waals surface area contributed by atoms with Crippen molar-refractivity contribution in [1.82, 2.24) is 10.7 Å². The van der Waals surface area contributed by atoms with Crippen LogP contribution in [-0.4, -0.2) is 31.7 Å². The predicted octanol–water partition coefficient (Wildman–Crippen LogP) is 3.29. The number of hydrogen-bond acceptors (Lipinski definition) is 5. The Hall–Kier alpha value is -3.06. The summed E-state index contributed by atoms with van der Waals surface area (Å²) >= 11 is 6.17. The molecule has 0 aliphatic rings. The number of benzene rings is 2. The number of carbonyl (C=O) groups excluding carboxylic acids is 2. The van der Waals surface area contributed by atoms with Gasteiger partial charge in [-0.25, -0.2) is 5.43 Å². The van der Waals surface area contributed by atoms with Crippen molar-refractivity contribution in [1.29, 1.82) is 0 Å². The number of nitrogens with one attached hydrogen (secondary N) is 2. The largest absolute Gasteiger partial charge is 0.493 e. The molecule has 0 aliphatic heterocycles. The van der Waals surface area contributed by atoms with E-state index in [0.29, 0.717) is 28.6 Å². The first kappa shape index (κ1) is 22.2. The lowest BCUT2D eigenvalue weighted by molar-refractivity contribution is -0.139. The molecule has 2 aromatic rings. The topological polar surface area (TPSA) is 89.0 Å². The fraction of sp³-hybridized carbons (Fsp3) is 0.286. The number of carbonyl (C=O) groups is 2. The Morgan fingerprint density at radius 1 is 1.14 bits per heavy atom. The van der Waals surface area contributed by atoms with E-state index in [1.54, 1.807) is 24.3 Å². The highest BCUT2D eigenvalue weighted by Gasteiger charge is 2.13. The standard InChI is InChI=1S/C21H24ClN3O4/c1-3-4-12-23-20(26)21(27)25-24-13-15-9-7-11-18(28-2)19(15)29-14-16-8-5-6-10-17(16)22/h5-11,13H,3-4,12,14H2,1-2H3,(H,23,26)(H,25,27)/b24-13-. The maximum atomic E-state index is 11.8. The van der Waals surface area contributed by atoms with E-state index in [1.165, 1.54) is 13.3 Å². The lowest BCUT2D eigenvalue weighted by Gasteiger charge is -2.13. The number of nitrogens with zero attached hydrogens (tertiary/aromatic N) is 1. The highest BCUT2D eigenvalue weighted by molar-refractivity contribution is 6.35. The summed E-state index contributed by atoms with van der Waals surface area (Å²) in [7, 11) is 1.53.